The highest BCUT2D eigenvalue weighted by molar-refractivity contribution is 7.99. The van der Waals surface area contributed by atoms with Gasteiger partial charge in [-0.2, -0.15) is 0 Å². The SMILES string of the molecule is Cc1sc2nc(SCC(=O)N[C@@H](C)c3ccc(F)cc3F)[nH]c(=O)c2c1-c1ccccc1. The molecule has 4 aromatic rings. The maximum atomic E-state index is 13.9. The Kier molecular flexibility index (Phi) is 6.38. The van der Waals surface area contributed by atoms with Gasteiger partial charge in [-0.25, -0.2) is 13.8 Å². The van der Waals surface area contributed by atoms with Gasteiger partial charge in [-0.05, 0) is 25.5 Å². The van der Waals surface area contributed by atoms with Crippen LogP contribution in [0.1, 0.15) is 23.4 Å². The summed E-state index contributed by atoms with van der Waals surface area (Å²) in [5.74, 6) is -1.77. The van der Waals surface area contributed by atoms with E-state index in [1.807, 2.05) is 37.3 Å². The van der Waals surface area contributed by atoms with E-state index >= 15 is 0 Å². The Morgan fingerprint density at radius 1 is 1.22 bits per heavy atom. The molecule has 0 bridgehead atoms. The van der Waals surface area contributed by atoms with Crippen LogP contribution in [0, 0.1) is 18.6 Å². The molecule has 9 heteroatoms. The second-order valence-corrected chi connectivity index (χ2v) is 9.36. The molecule has 2 aromatic heterocycles. The molecule has 0 fully saturated rings. The lowest BCUT2D eigenvalue weighted by atomic mass is 10.0. The molecule has 1 atom stereocenters. The van der Waals surface area contributed by atoms with Gasteiger partial charge in [0.25, 0.3) is 5.56 Å². The van der Waals surface area contributed by atoms with E-state index in [1.54, 1.807) is 6.92 Å². The number of carbonyl (C=O) groups excluding carboxylic acids is 1. The summed E-state index contributed by atoms with van der Waals surface area (Å²) in [6, 6.07) is 12.3. The van der Waals surface area contributed by atoms with Crippen molar-refractivity contribution in [3.8, 4) is 11.1 Å². The van der Waals surface area contributed by atoms with E-state index in [9.17, 15) is 18.4 Å². The molecule has 2 heterocycles. The number of H-pyrrole nitrogens is 1. The summed E-state index contributed by atoms with van der Waals surface area (Å²) in [5.41, 5.74) is 1.75. The normalized spacial score (nSPS) is 12.1. The first-order valence-corrected chi connectivity index (χ1v) is 11.6. The number of nitrogens with zero attached hydrogens (tertiary/aromatic N) is 1. The number of carbonyl (C=O) groups is 1. The van der Waals surface area contributed by atoms with Gasteiger partial charge in [0.15, 0.2) is 5.16 Å². The summed E-state index contributed by atoms with van der Waals surface area (Å²) in [4.78, 5) is 34.0. The molecule has 5 nitrogen and oxygen atoms in total. The molecule has 32 heavy (non-hydrogen) atoms. The number of aromatic nitrogens is 2. The highest BCUT2D eigenvalue weighted by Crippen LogP contribution is 2.35. The quantitative estimate of drug-likeness (QED) is 0.299. The van der Waals surface area contributed by atoms with Crippen LogP contribution in [0.3, 0.4) is 0 Å². The van der Waals surface area contributed by atoms with E-state index < -0.39 is 17.7 Å². The van der Waals surface area contributed by atoms with Crippen molar-refractivity contribution in [3.63, 3.8) is 0 Å². The molecule has 0 unspecified atom stereocenters. The minimum Gasteiger partial charge on any atom is -0.349 e. The molecule has 0 spiro atoms. The van der Waals surface area contributed by atoms with Crippen molar-refractivity contribution in [2.45, 2.75) is 25.0 Å². The van der Waals surface area contributed by atoms with Crippen LogP contribution < -0.4 is 10.9 Å². The Bertz CT molecular complexity index is 1350. The highest BCUT2D eigenvalue weighted by Gasteiger charge is 2.18. The summed E-state index contributed by atoms with van der Waals surface area (Å²) < 4.78 is 27.0. The predicted octanol–water partition coefficient (Wildman–Crippen LogP) is 5.21. The Hall–Kier alpha value is -3.04. The van der Waals surface area contributed by atoms with Crippen molar-refractivity contribution in [1.29, 1.82) is 0 Å². The Labute approximate surface area is 190 Å². The fraction of sp³-hybridized carbons (Fsp3) is 0.174. The molecule has 164 valence electrons. The minimum absolute atomic E-state index is 0.0164. The van der Waals surface area contributed by atoms with Gasteiger partial charge >= 0.3 is 0 Å². The van der Waals surface area contributed by atoms with Crippen molar-refractivity contribution >= 4 is 39.2 Å². The van der Waals surface area contributed by atoms with Crippen LogP contribution in [0.25, 0.3) is 21.3 Å². The molecule has 2 aromatic carbocycles. The molecule has 0 aliphatic rings. The molecule has 0 aliphatic heterocycles. The van der Waals surface area contributed by atoms with Gasteiger partial charge < -0.3 is 10.3 Å². The van der Waals surface area contributed by atoms with Crippen LogP contribution in [0.2, 0.25) is 0 Å². The zero-order valence-corrected chi connectivity index (χ0v) is 18.9. The van der Waals surface area contributed by atoms with Crippen LogP contribution in [0.4, 0.5) is 8.78 Å². The lowest BCUT2D eigenvalue weighted by Crippen LogP contribution is -2.29. The fourth-order valence-electron chi connectivity index (χ4n) is 3.47. The number of halogens is 2. The predicted molar refractivity (Wildman–Crippen MR) is 124 cm³/mol. The molecule has 2 N–H and O–H groups in total. The average Bonchev–Trinajstić information content (AvgIpc) is 3.09. The standard InChI is InChI=1S/C23H19F2N3O2S2/c1-12(16-9-8-15(24)10-17(16)25)26-18(29)11-31-23-27-21(30)20-19(13(2)32-22(20)28-23)14-6-4-3-5-7-14/h3-10,12H,11H2,1-2H3,(H,26,29)(H,27,28,30)/t12-/m0/s1. The number of thiophene rings is 1. The fourth-order valence-corrected chi connectivity index (χ4v) is 5.24. The second kappa shape index (κ2) is 9.22. The van der Waals surface area contributed by atoms with Gasteiger partial charge in [-0.3, -0.25) is 9.59 Å². The average molecular weight is 472 g/mol. The number of thioether (sulfide) groups is 1. The van der Waals surface area contributed by atoms with Crippen LogP contribution in [0.15, 0.2) is 58.5 Å². The number of amides is 1. The molecule has 1 amide bonds. The maximum absolute atomic E-state index is 13.9. The smallest absolute Gasteiger partial charge is 0.260 e. The first kappa shape index (κ1) is 22.2. The summed E-state index contributed by atoms with van der Waals surface area (Å²) in [6.07, 6.45) is 0. The number of nitrogens with one attached hydrogen (secondary N) is 2. The number of fused-ring (bicyclic) bond motifs is 1. The number of aryl methyl sites for hydroxylation is 1. The van der Waals surface area contributed by atoms with Crippen molar-refractivity contribution in [2.24, 2.45) is 0 Å². The van der Waals surface area contributed by atoms with Crippen LogP contribution in [-0.4, -0.2) is 21.6 Å². The lowest BCUT2D eigenvalue weighted by Gasteiger charge is -2.15. The minimum atomic E-state index is -0.718. The Morgan fingerprint density at radius 2 is 1.97 bits per heavy atom. The summed E-state index contributed by atoms with van der Waals surface area (Å²) in [6.45, 7) is 3.56. The molecule has 0 radical (unpaired) electrons. The summed E-state index contributed by atoms with van der Waals surface area (Å²) >= 11 is 2.52. The number of rotatable bonds is 6. The summed E-state index contributed by atoms with van der Waals surface area (Å²) in [5, 5.41) is 3.54. The third kappa shape index (κ3) is 4.58. The van der Waals surface area contributed by atoms with E-state index in [0.717, 1.165) is 39.9 Å². The Balaban J connectivity index is 1.49. The number of hydrogen-bond acceptors (Lipinski definition) is 5. The van der Waals surface area contributed by atoms with Gasteiger partial charge in [-0.1, -0.05) is 48.2 Å². The van der Waals surface area contributed by atoms with E-state index in [1.165, 1.54) is 17.4 Å². The van der Waals surface area contributed by atoms with Crippen molar-refractivity contribution in [3.05, 3.63) is 81.0 Å². The van der Waals surface area contributed by atoms with E-state index in [-0.39, 0.29) is 22.8 Å². The van der Waals surface area contributed by atoms with Crippen molar-refractivity contribution in [1.82, 2.24) is 15.3 Å². The topological polar surface area (TPSA) is 74.8 Å². The molecule has 0 saturated heterocycles. The van der Waals surface area contributed by atoms with Gasteiger partial charge in [0, 0.05) is 22.1 Å². The van der Waals surface area contributed by atoms with Gasteiger partial charge in [-0.15, -0.1) is 11.3 Å². The van der Waals surface area contributed by atoms with Gasteiger partial charge in [0.2, 0.25) is 5.91 Å². The monoisotopic (exact) mass is 471 g/mol. The third-order valence-corrected chi connectivity index (χ3v) is 6.80. The molecule has 4 rings (SSSR count). The molecular weight excluding hydrogens is 452 g/mol. The Morgan fingerprint density at radius 3 is 2.69 bits per heavy atom. The zero-order valence-electron chi connectivity index (χ0n) is 17.2. The van der Waals surface area contributed by atoms with Crippen LogP contribution >= 0.6 is 23.1 Å². The van der Waals surface area contributed by atoms with E-state index in [2.05, 4.69) is 15.3 Å². The molecular formula is C23H19F2N3O2S2. The van der Waals surface area contributed by atoms with E-state index in [4.69, 9.17) is 0 Å². The molecule has 0 aliphatic carbocycles. The highest BCUT2D eigenvalue weighted by atomic mass is 32.2. The summed E-state index contributed by atoms with van der Waals surface area (Å²) in [7, 11) is 0. The van der Waals surface area contributed by atoms with E-state index in [0.29, 0.717) is 15.4 Å². The van der Waals surface area contributed by atoms with Gasteiger partial charge in [0.1, 0.15) is 16.5 Å². The number of aromatic amines is 1. The second-order valence-electron chi connectivity index (χ2n) is 7.19. The van der Waals surface area contributed by atoms with Gasteiger partial charge in [0.05, 0.1) is 17.2 Å². The lowest BCUT2D eigenvalue weighted by molar-refractivity contribution is -0.119. The molecule has 0 saturated carbocycles. The van der Waals surface area contributed by atoms with Crippen LogP contribution in [-0.2, 0) is 4.79 Å². The largest absolute Gasteiger partial charge is 0.349 e. The van der Waals surface area contributed by atoms with Crippen molar-refractivity contribution in [2.75, 3.05) is 5.75 Å². The van der Waals surface area contributed by atoms with Crippen molar-refractivity contribution < 1.29 is 13.6 Å². The zero-order chi connectivity index (χ0) is 22.8. The number of hydrogen-bond donors (Lipinski definition) is 2. The number of benzene rings is 2. The third-order valence-electron chi connectivity index (χ3n) is 4.93. The van der Waals surface area contributed by atoms with Crippen LogP contribution in [0.5, 0.6) is 0 Å². The first-order valence-electron chi connectivity index (χ1n) is 9.79. The maximum Gasteiger partial charge on any atom is 0.260 e. The first-order chi connectivity index (χ1) is 15.3.